The lowest BCUT2D eigenvalue weighted by atomic mass is 9.99. The summed E-state index contributed by atoms with van der Waals surface area (Å²) in [7, 11) is -4.81. The fourth-order valence-electron chi connectivity index (χ4n) is 1.46. The number of ketones is 1. The van der Waals surface area contributed by atoms with E-state index in [2.05, 4.69) is 4.52 Å². The van der Waals surface area contributed by atoms with E-state index >= 15 is 0 Å². The van der Waals surface area contributed by atoms with Gasteiger partial charge in [0.05, 0.1) is 13.2 Å². The van der Waals surface area contributed by atoms with Gasteiger partial charge in [0, 0.05) is 25.2 Å². The molecular weight excluding hydrogens is 325 g/mol. The van der Waals surface area contributed by atoms with Crippen molar-refractivity contribution in [1.82, 2.24) is 0 Å². The first-order chi connectivity index (χ1) is 10.0. The van der Waals surface area contributed by atoms with Crippen molar-refractivity contribution in [1.29, 1.82) is 0 Å². The van der Waals surface area contributed by atoms with Crippen LogP contribution >= 0.6 is 7.82 Å². The molecule has 0 aliphatic rings. The highest BCUT2D eigenvalue weighted by atomic mass is 31.2. The van der Waals surface area contributed by atoms with E-state index < -0.39 is 57.5 Å². The molecule has 0 rings (SSSR count). The summed E-state index contributed by atoms with van der Waals surface area (Å²) >= 11 is 0. The highest BCUT2D eigenvalue weighted by molar-refractivity contribution is 7.46. The average molecular weight is 346 g/mol. The van der Waals surface area contributed by atoms with Crippen molar-refractivity contribution >= 4 is 19.6 Å². The zero-order valence-electron chi connectivity index (χ0n) is 12.5. The monoisotopic (exact) mass is 346 g/mol. The third-order valence-corrected chi connectivity index (χ3v) is 3.22. The molecule has 2 N–H and O–H groups in total. The number of phosphoric acid groups is 1. The standard InChI is InChI=1S/C12H21F2O7P/c1-3-5-11(16)20-7-9(8-21-22(17,18)19)6-10(15)12(13,14)4-2/h9H,3-8H2,1-2H3,(H2,17,18,19). The summed E-state index contributed by atoms with van der Waals surface area (Å²) in [5, 5.41) is 0. The Morgan fingerprint density at radius 2 is 1.82 bits per heavy atom. The van der Waals surface area contributed by atoms with Crippen molar-refractivity contribution in [2.45, 2.75) is 45.5 Å². The van der Waals surface area contributed by atoms with Crippen LogP contribution < -0.4 is 0 Å². The summed E-state index contributed by atoms with van der Waals surface area (Å²) in [6.07, 6.45) is -0.756. The van der Waals surface area contributed by atoms with Crippen LogP contribution in [0.15, 0.2) is 0 Å². The number of carbonyl (C=O) groups is 2. The quantitative estimate of drug-likeness (QED) is 0.435. The maximum Gasteiger partial charge on any atom is 0.469 e. The summed E-state index contributed by atoms with van der Waals surface area (Å²) in [6, 6.07) is 0. The molecule has 0 radical (unpaired) electrons. The number of ether oxygens (including phenoxy) is 1. The van der Waals surface area contributed by atoms with Gasteiger partial charge >= 0.3 is 19.7 Å². The number of hydrogen-bond donors (Lipinski definition) is 2. The fraction of sp³-hybridized carbons (Fsp3) is 0.833. The zero-order chi connectivity index (χ0) is 17.4. The molecule has 0 saturated carbocycles. The highest BCUT2D eigenvalue weighted by Gasteiger charge is 2.37. The Morgan fingerprint density at radius 3 is 2.27 bits per heavy atom. The van der Waals surface area contributed by atoms with Crippen molar-refractivity contribution in [2.75, 3.05) is 13.2 Å². The molecule has 130 valence electrons. The van der Waals surface area contributed by atoms with Gasteiger partial charge in [-0.25, -0.2) is 4.57 Å². The summed E-state index contributed by atoms with van der Waals surface area (Å²) in [5.41, 5.74) is 0. The number of halogens is 2. The second-order valence-electron chi connectivity index (χ2n) is 4.77. The lowest BCUT2D eigenvalue weighted by Crippen LogP contribution is -2.32. The summed E-state index contributed by atoms with van der Waals surface area (Å²) in [5.74, 6) is -6.56. The molecule has 0 aromatic rings. The van der Waals surface area contributed by atoms with Gasteiger partial charge in [0.25, 0.3) is 0 Å². The zero-order valence-corrected chi connectivity index (χ0v) is 13.4. The number of phosphoric ester groups is 1. The highest BCUT2D eigenvalue weighted by Crippen LogP contribution is 2.37. The molecular formula is C12H21F2O7P. The third-order valence-electron chi connectivity index (χ3n) is 2.74. The minimum absolute atomic E-state index is 0.116. The molecule has 0 bridgehead atoms. The van der Waals surface area contributed by atoms with Crippen LogP contribution in [-0.2, 0) is 23.4 Å². The average Bonchev–Trinajstić information content (AvgIpc) is 2.40. The molecule has 22 heavy (non-hydrogen) atoms. The van der Waals surface area contributed by atoms with Crippen LogP contribution in [0, 0.1) is 5.92 Å². The van der Waals surface area contributed by atoms with Gasteiger partial charge in [0.15, 0.2) is 0 Å². The van der Waals surface area contributed by atoms with Gasteiger partial charge in [0.2, 0.25) is 5.78 Å². The van der Waals surface area contributed by atoms with Crippen LogP contribution in [0.5, 0.6) is 0 Å². The topological polar surface area (TPSA) is 110 Å². The second kappa shape index (κ2) is 9.29. The van der Waals surface area contributed by atoms with Gasteiger partial charge in [-0.2, -0.15) is 8.78 Å². The Kier molecular flexibility index (Phi) is 8.92. The lowest BCUT2D eigenvalue weighted by molar-refractivity contribution is -0.150. The number of carbonyl (C=O) groups excluding carboxylic acids is 2. The van der Waals surface area contributed by atoms with Crippen LogP contribution in [0.4, 0.5) is 8.78 Å². The Labute approximate surface area is 127 Å². The van der Waals surface area contributed by atoms with Crippen LogP contribution in [0.2, 0.25) is 0 Å². The van der Waals surface area contributed by atoms with E-state index in [9.17, 15) is 22.9 Å². The molecule has 0 amide bonds. The molecule has 0 aromatic carbocycles. The Morgan fingerprint density at radius 1 is 1.23 bits per heavy atom. The molecule has 1 atom stereocenters. The van der Waals surface area contributed by atoms with Gasteiger partial charge in [-0.3, -0.25) is 14.1 Å². The maximum atomic E-state index is 13.2. The van der Waals surface area contributed by atoms with E-state index in [4.69, 9.17) is 14.5 Å². The van der Waals surface area contributed by atoms with Crippen LogP contribution in [0.25, 0.3) is 0 Å². The van der Waals surface area contributed by atoms with Crippen molar-refractivity contribution < 1.29 is 42.0 Å². The van der Waals surface area contributed by atoms with Crippen LogP contribution in [0.1, 0.15) is 39.5 Å². The van der Waals surface area contributed by atoms with E-state index in [1.165, 1.54) is 0 Å². The summed E-state index contributed by atoms with van der Waals surface area (Å²) in [4.78, 5) is 39.9. The fourth-order valence-corrected chi connectivity index (χ4v) is 1.87. The van der Waals surface area contributed by atoms with E-state index in [0.717, 1.165) is 6.92 Å². The maximum absolute atomic E-state index is 13.2. The van der Waals surface area contributed by atoms with Gasteiger partial charge in [-0.15, -0.1) is 0 Å². The first-order valence-corrected chi connectivity index (χ1v) is 8.31. The molecule has 0 saturated heterocycles. The van der Waals surface area contributed by atoms with Gasteiger partial charge < -0.3 is 14.5 Å². The van der Waals surface area contributed by atoms with Crippen molar-refractivity contribution in [2.24, 2.45) is 5.92 Å². The molecule has 0 aromatic heterocycles. The number of hydrogen-bond acceptors (Lipinski definition) is 5. The molecule has 0 heterocycles. The first kappa shape index (κ1) is 21.1. The molecule has 0 fully saturated rings. The molecule has 10 heteroatoms. The van der Waals surface area contributed by atoms with E-state index in [-0.39, 0.29) is 6.42 Å². The first-order valence-electron chi connectivity index (χ1n) is 6.78. The SMILES string of the molecule is CCCC(=O)OCC(COP(=O)(O)O)CC(=O)C(F)(F)CC. The third kappa shape index (κ3) is 9.19. The molecule has 0 aliphatic heterocycles. The molecule has 0 spiro atoms. The number of alkyl halides is 2. The Bertz CT molecular complexity index is 422. The largest absolute Gasteiger partial charge is 0.469 e. The van der Waals surface area contributed by atoms with Gasteiger partial charge in [-0.05, 0) is 6.42 Å². The summed E-state index contributed by atoms with van der Waals surface area (Å²) in [6.45, 7) is 1.78. The van der Waals surface area contributed by atoms with Gasteiger partial charge in [0.1, 0.15) is 0 Å². The summed E-state index contributed by atoms with van der Waals surface area (Å²) < 4.78 is 46.1. The van der Waals surface area contributed by atoms with E-state index in [1.54, 1.807) is 6.92 Å². The molecule has 1 unspecified atom stereocenters. The van der Waals surface area contributed by atoms with Crippen molar-refractivity contribution in [3.8, 4) is 0 Å². The van der Waals surface area contributed by atoms with Crippen LogP contribution in [0.3, 0.4) is 0 Å². The second-order valence-corrected chi connectivity index (χ2v) is 6.01. The number of Topliss-reactive ketones (excluding diaryl/α,β-unsaturated/α-hetero) is 1. The number of esters is 1. The predicted molar refractivity (Wildman–Crippen MR) is 72.2 cm³/mol. The lowest BCUT2D eigenvalue weighted by Gasteiger charge is -2.19. The van der Waals surface area contributed by atoms with Crippen LogP contribution in [-0.4, -0.2) is 40.7 Å². The van der Waals surface area contributed by atoms with Gasteiger partial charge in [-0.1, -0.05) is 13.8 Å². The Balaban J connectivity index is 4.68. The van der Waals surface area contributed by atoms with E-state index in [0.29, 0.717) is 6.42 Å². The predicted octanol–water partition coefficient (Wildman–Crippen LogP) is 2.06. The van der Waals surface area contributed by atoms with Crippen molar-refractivity contribution in [3.05, 3.63) is 0 Å². The number of rotatable bonds is 11. The molecule has 0 aliphatic carbocycles. The van der Waals surface area contributed by atoms with Crippen molar-refractivity contribution in [3.63, 3.8) is 0 Å². The Hall–Kier alpha value is -0.890. The minimum atomic E-state index is -4.81. The minimum Gasteiger partial charge on any atom is -0.465 e. The van der Waals surface area contributed by atoms with E-state index in [1.807, 2.05) is 0 Å². The normalized spacial score (nSPS) is 13.7. The smallest absolute Gasteiger partial charge is 0.465 e. The molecule has 7 nitrogen and oxygen atoms in total.